The average molecular weight is 695 g/mol. The van der Waals surface area contributed by atoms with Gasteiger partial charge in [0.2, 0.25) is 0 Å². The molecule has 0 aliphatic heterocycles. The van der Waals surface area contributed by atoms with Crippen molar-refractivity contribution in [2.75, 3.05) is 0 Å². The van der Waals surface area contributed by atoms with Crippen LogP contribution >= 0.6 is 22.7 Å². The topological polar surface area (TPSA) is 0 Å². The largest absolute Gasteiger partial charge is 0.152 e. The molecule has 0 aliphatic rings. The van der Waals surface area contributed by atoms with Gasteiger partial charge in [-0.2, -0.15) is 11.3 Å². The lowest BCUT2D eigenvalue weighted by Crippen LogP contribution is -1.90. The summed E-state index contributed by atoms with van der Waals surface area (Å²) in [7, 11) is 0. The summed E-state index contributed by atoms with van der Waals surface area (Å²) in [5.74, 6) is 0. The van der Waals surface area contributed by atoms with Crippen molar-refractivity contribution in [1.82, 2.24) is 0 Å². The molecule has 0 radical (unpaired) electrons. The van der Waals surface area contributed by atoms with Crippen LogP contribution in [0, 0.1) is 0 Å². The lowest BCUT2D eigenvalue weighted by atomic mass is 9.85. The Labute approximate surface area is 309 Å². The van der Waals surface area contributed by atoms with Gasteiger partial charge in [0.25, 0.3) is 0 Å². The van der Waals surface area contributed by atoms with Crippen LogP contribution in [-0.2, 0) is 0 Å². The maximum Gasteiger partial charge on any atom is 0.0361 e. The third kappa shape index (κ3) is 4.45. The van der Waals surface area contributed by atoms with Crippen LogP contribution < -0.4 is 0 Å². The number of benzene rings is 9. The maximum absolute atomic E-state index is 2.44. The molecule has 0 spiro atoms. The van der Waals surface area contributed by atoms with Crippen molar-refractivity contribution in [2.24, 2.45) is 0 Å². The standard InChI is InChI=1S/C50H30S2/c1-2-12-31(13-3-1)47-36-14-4-6-16-38(36)49(39-17-7-5-15-37(39)47)33-22-24-35-44-28-32(23-25-45(44)52-46(35)29-33)48-40-18-8-10-20-42(40)50(34-26-27-51-30-34)43-21-11-9-19-41(43)48/h1-30H. The lowest BCUT2D eigenvalue weighted by molar-refractivity contribution is 1.66. The summed E-state index contributed by atoms with van der Waals surface area (Å²) >= 11 is 3.65. The molecule has 11 rings (SSSR count). The van der Waals surface area contributed by atoms with Crippen LogP contribution in [0.4, 0.5) is 0 Å². The molecule has 0 saturated heterocycles. The molecule has 242 valence electrons. The normalized spacial score (nSPS) is 11.8. The van der Waals surface area contributed by atoms with E-state index in [9.17, 15) is 0 Å². The Kier molecular flexibility index (Phi) is 6.70. The van der Waals surface area contributed by atoms with Crippen molar-refractivity contribution in [1.29, 1.82) is 0 Å². The molecule has 0 atom stereocenters. The van der Waals surface area contributed by atoms with Gasteiger partial charge >= 0.3 is 0 Å². The minimum Gasteiger partial charge on any atom is -0.152 e. The Bertz CT molecular complexity index is 3050. The van der Waals surface area contributed by atoms with Crippen molar-refractivity contribution in [2.45, 2.75) is 0 Å². The fourth-order valence-corrected chi connectivity index (χ4v) is 10.4. The van der Waals surface area contributed by atoms with Gasteiger partial charge in [-0.05, 0) is 123 Å². The molecular formula is C50H30S2. The number of fused-ring (bicyclic) bond motifs is 7. The predicted octanol–water partition coefficient (Wildman–Crippen LogP) is 15.4. The number of hydrogen-bond donors (Lipinski definition) is 0. The van der Waals surface area contributed by atoms with Crippen molar-refractivity contribution in [3.8, 4) is 44.5 Å². The second kappa shape index (κ2) is 11.7. The van der Waals surface area contributed by atoms with E-state index in [-0.39, 0.29) is 0 Å². The SMILES string of the molecule is c1ccc(-c2c3ccccc3c(-c3ccc4c(c3)sc3ccc(-c5c6ccccc6c(-c6ccsc6)c6ccccc56)cc34)c3ccccc23)cc1. The van der Waals surface area contributed by atoms with E-state index in [2.05, 4.69) is 181 Å². The first kappa shape index (κ1) is 29.6. The Morgan fingerprint density at radius 3 is 1.21 bits per heavy atom. The van der Waals surface area contributed by atoms with Crippen LogP contribution in [0.5, 0.6) is 0 Å². The van der Waals surface area contributed by atoms with Gasteiger partial charge in [-0.1, -0.05) is 146 Å². The molecule has 2 heterocycles. The molecule has 0 bridgehead atoms. The van der Waals surface area contributed by atoms with Crippen LogP contribution in [0.2, 0.25) is 0 Å². The zero-order valence-electron chi connectivity index (χ0n) is 28.1. The molecule has 11 aromatic rings. The second-order valence-electron chi connectivity index (χ2n) is 13.6. The predicted molar refractivity (Wildman–Crippen MR) is 229 cm³/mol. The number of rotatable bonds is 4. The molecular weight excluding hydrogens is 665 g/mol. The minimum absolute atomic E-state index is 1.25. The van der Waals surface area contributed by atoms with Gasteiger partial charge in [0.05, 0.1) is 0 Å². The average Bonchev–Trinajstić information content (AvgIpc) is 3.87. The molecule has 0 amide bonds. The first-order valence-electron chi connectivity index (χ1n) is 17.7. The fraction of sp³-hybridized carbons (Fsp3) is 0. The van der Waals surface area contributed by atoms with Crippen molar-refractivity contribution >= 4 is 85.9 Å². The van der Waals surface area contributed by atoms with Gasteiger partial charge in [-0.3, -0.25) is 0 Å². The van der Waals surface area contributed by atoms with Crippen molar-refractivity contribution in [3.05, 3.63) is 181 Å². The van der Waals surface area contributed by atoms with Gasteiger partial charge in [0.15, 0.2) is 0 Å². The monoisotopic (exact) mass is 694 g/mol. The van der Waals surface area contributed by atoms with Gasteiger partial charge in [0, 0.05) is 20.2 Å². The van der Waals surface area contributed by atoms with E-state index in [1.165, 1.54) is 108 Å². The summed E-state index contributed by atoms with van der Waals surface area (Å²) in [5.41, 5.74) is 10.3. The summed E-state index contributed by atoms with van der Waals surface area (Å²) in [6, 6.07) is 63.0. The Morgan fingerprint density at radius 1 is 0.269 bits per heavy atom. The molecule has 0 N–H and O–H groups in total. The molecule has 9 aromatic carbocycles. The van der Waals surface area contributed by atoms with Crippen LogP contribution in [0.15, 0.2) is 181 Å². The fourth-order valence-electron chi connectivity index (χ4n) is 8.60. The van der Waals surface area contributed by atoms with E-state index in [1.54, 1.807) is 11.3 Å². The highest BCUT2D eigenvalue weighted by molar-refractivity contribution is 7.25. The lowest BCUT2D eigenvalue weighted by Gasteiger charge is -2.17. The molecule has 0 nitrogen and oxygen atoms in total. The zero-order valence-corrected chi connectivity index (χ0v) is 29.8. The van der Waals surface area contributed by atoms with Crippen LogP contribution in [0.1, 0.15) is 0 Å². The van der Waals surface area contributed by atoms with Gasteiger partial charge in [-0.15, -0.1) is 11.3 Å². The Morgan fingerprint density at radius 2 is 0.712 bits per heavy atom. The summed E-state index contributed by atoms with van der Waals surface area (Å²) < 4.78 is 2.63. The van der Waals surface area contributed by atoms with E-state index >= 15 is 0 Å². The van der Waals surface area contributed by atoms with E-state index in [0.29, 0.717) is 0 Å². The van der Waals surface area contributed by atoms with Gasteiger partial charge in [0.1, 0.15) is 0 Å². The van der Waals surface area contributed by atoms with Crippen molar-refractivity contribution < 1.29 is 0 Å². The maximum atomic E-state index is 2.44. The third-order valence-corrected chi connectivity index (χ3v) is 12.6. The molecule has 0 unspecified atom stereocenters. The molecule has 0 saturated carbocycles. The highest BCUT2D eigenvalue weighted by Crippen LogP contribution is 2.48. The zero-order chi connectivity index (χ0) is 34.2. The molecule has 0 fully saturated rings. The smallest absolute Gasteiger partial charge is 0.0361 e. The Hall–Kier alpha value is -6.06. The third-order valence-electron chi connectivity index (χ3n) is 10.8. The van der Waals surface area contributed by atoms with Gasteiger partial charge < -0.3 is 0 Å². The molecule has 52 heavy (non-hydrogen) atoms. The van der Waals surface area contributed by atoms with E-state index in [0.717, 1.165) is 0 Å². The van der Waals surface area contributed by atoms with Crippen LogP contribution in [0.25, 0.3) is 108 Å². The first-order valence-corrected chi connectivity index (χ1v) is 19.5. The van der Waals surface area contributed by atoms with Crippen LogP contribution in [0.3, 0.4) is 0 Å². The Balaban J connectivity index is 1.13. The highest BCUT2D eigenvalue weighted by atomic mass is 32.1. The van der Waals surface area contributed by atoms with E-state index in [4.69, 9.17) is 0 Å². The summed E-state index contributed by atoms with van der Waals surface area (Å²) in [5, 5.41) is 17.4. The quantitative estimate of drug-likeness (QED) is 0.161. The minimum atomic E-state index is 1.25. The second-order valence-corrected chi connectivity index (χ2v) is 15.4. The highest BCUT2D eigenvalue weighted by Gasteiger charge is 2.19. The summed E-state index contributed by atoms with van der Waals surface area (Å²) in [6.07, 6.45) is 0. The first-order chi connectivity index (χ1) is 25.8. The van der Waals surface area contributed by atoms with Crippen LogP contribution in [-0.4, -0.2) is 0 Å². The van der Waals surface area contributed by atoms with E-state index in [1.807, 2.05) is 11.3 Å². The number of hydrogen-bond acceptors (Lipinski definition) is 2. The van der Waals surface area contributed by atoms with Crippen molar-refractivity contribution in [3.63, 3.8) is 0 Å². The van der Waals surface area contributed by atoms with Gasteiger partial charge in [-0.25, -0.2) is 0 Å². The molecule has 2 aromatic heterocycles. The summed E-state index contributed by atoms with van der Waals surface area (Å²) in [4.78, 5) is 0. The molecule has 2 heteroatoms. The number of thiophene rings is 2. The summed E-state index contributed by atoms with van der Waals surface area (Å²) in [6.45, 7) is 0. The molecule has 0 aliphatic carbocycles. The van der Waals surface area contributed by atoms with E-state index < -0.39 is 0 Å².